The van der Waals surface area contributed by atoms with Crippen molar-refractivity contribution in [2.75, 3.05) is 6.79 Å². The number of rotatable bonds is 6. The molecule has 0 saturated heterocycles. The van der Waals surface area contributed by atoms with Crippen LogP contribution in [0.25, 0.3) is 11.1 Å². The number of hydrogen-bond acceptors (Lipinski definition) is 5. The highest BCUT2D eigenvalue weighted by Gasteiger charge is 2.50. The van der Waals surface area contributed by atoms with Crippen LogP contribution in [0.4, 0.5) is 0 Å². The highest BCUT2D eigenvalue weighted by molar-refractivity contribution is 7.79. The normalized spacial score (nSPS) is 16.8. The summed E-state index contributed by atoms with van der Waals surface area (Å²) in [5.74, 6) is 1.64. The van der Waals surface area contributed by atoms with E-state index in [1.165, 1.54) is 0 Å². The number of fused-ring (bicyclic) bond motifs is 1. The minimum Gasteiger partial charge on any atom is -0.768 e. The van der Waals surface area contributed by atoms with Crippen LogP contribution in [0.5, 0.6) is 11.5 Å². The first-order chi connectivity index (χ1) is 14.5. The quantitative estimate of drug-likeness (QED) is 0.561. The van der Waals surface area contributed by atoms with Gasteiger partial charge in [0, 0.05) is 11.3 Å². The molecule has 1 atom stereocenters. The van der Waals surface area contributed by atoms with Crippen LogP contribution in [0.2, 0.25) is 0 Å². The van der Waals surface area contributed by atoms with Crippen molar-refractivity contribution < 1.29 is 23.0 Å². The molecule has 1 unspecified atom stereocenters. The van der Waals surface area contributed by atoms with Gasteiger partial charge >= 0.3 is 0 Å². The number of ketones is 1. The molecule has 0 bridgehead atoms. The molecule has 0 N–H and O–H groups in total. The summed E-state index contributed by atoms with van der Waals surface area (Å²) < 4.78 is 33.2. The molecule has 2 aliphatic rings. The lowest BCUT2D eigenvalue weighted by Gasteiger charge is -2.15. The first-order valence-electron chi connectivity index (χ1n) is 9.77. The van der Waals surface area contributed by atoms with E-state index in [0.29, 0.717) is 12.2 Å². The Morgan fingerprint density at radius 1 is 0.933 bits per heavy atom. The van der Waals surface area contributed by atoms with E-state index in [2.05, 4.69) is 0 Å². The van der Waals surface area contributed by atoms with Gasteiger partial charge < -0.3 is 14.0 Å². The molecule has 1 aliphatic heterocycles. The van der Waals surface area contributed by atoms with Gasteiger partial charge in [-0.25, -0.2) is 0 Å². The second kappa shape index (κ2) is 7.38. The minimum atomic E-state index is -2.26. The molecule has 0 aromatic heterocycles. The highest BCUT2D eigenvalue weighted by Crippen LogP contribution is 2.51. The standard InChI is InChI=1S/C24H20O5S/c25-23(24(10-11-24)19-8-9-21-22(14-19)29-15-28-21)12-16-4-6-17(7-5-16)18-2-1-3-20(13-18)30(26)27/h1-9,13-14H,10-12,15H2,(H,26,27)/p-1. The third kappa shape index (κ3) is 3.42. The molecule has 5 nitrogen and oxygen atoms in total. The first kappa shape index (κ1) is 19.0. The van der Waals surface area contributed by atoms with Crippen molar-refractivity contribution in [2.24, 2.45) is 0 Å². The molecule has 5 rings (SSSR count). The average Bonchev–Trinajstić information content (AvgIpc) is 3.45. The molecule has 1 aliphatic carbocycles. The van der Waals surface area contributed by atoms with Gasteiger partial charge in [0.1, 0.15) is 5.78 Å². The lowest BCUT2D eigenvalue weighted by atomic mass is 9.87. The molecule has 0 amide bonds. The van der Waals surface area contributed by atoms with Gasteiger partial charge in [0.05, 0.1) is 5.41 Å². The van der Waals surface area contributed by atoms with Crippen LogP contribution in [0.3, 0.4) is 0 Å². The average molecular weight is 419 g/mol. The van der Waals surface area contributed by atoms with E-state index in [1.54, 1.807) is 18.2 Å². The zero-order valence-corrected chi connectivity index (χ0v) is 16.9. The summed E-state index contributed by atoms with van der Waals surface area (Å²) in [6, 6.07) is 20.3. The third-order valence-electron chi connectivity index (χ3n) is 5.89. The fourth-order valence-electron chi connectivity index (χ4n) is 4.00. The van der Waals surface area contributed by atoms with Gasteiger partial charge in [0.2, 0.25) is 6.79 Å². The lowest BCUT2D eigenvalue weighted by molar-refractivity contribution is -0.120. The van der Waals surface area contributed by atoms with E-state index in [1.807, 2.05) is 48.5 Å². The molecular formula is C24H19O5S-. The van der Waals surface area contributed by atoms with Gasteiger partial charge in [0.25, 0.3) is 0 Å². The molecule has 3 aromatic rings. The van der Waals surface area contributed by atoms with Crippen LogP contribution < -0.4 is 9.47 Å². The van der Waals surface area contributed by atoms with Crippen LogP contribution in [-0.2, 0) is 27.7 Å². The monoisotopic (exact) mass is 419 g/mol. The van der Waals surface area contributed by atoms with Crippen molar-refractivity contribution in [3.05, 3.63) is 77.9 Å². The summed E-state index contributed by atoms with van der Waals surface area (Å²) in [7, 11) is 0. The molecule has 6 heteroatoms. The Kier molecular flexibility index (Phi) is 4.68. The summed E-state index contributed by atoms with van der Waals surface area (Å²) in [6.45, 7) is 0.222. The van der Waals surface area contributed by atoms with Crippen LogP contribution >= 0.6 is 0 Å². The topological polar surface area (TPSA) is 75.7 Å². The maximum Gasteiger partial charge on any atom is 0.231 e. The SMILES string of the molecule is O=C(Cc1ccc(-c2cccc(S(=O)[O-])c2)cc1)C1(c2ccc3c(c2)OCO3)CC1. The van der Waals surface area contributed by atoms with Gasteiger partial charge in [-0.2, -0.15) is 0 Å². The summed E-state index contributed by atoms with van der Waals surface area (Å²) in [6.07, 6.45) is 2.06. The molecule has 30 heavy (non-hydrogen) atoms. The molecule has 3 aromatic carbocycles. The van der Waals surface area contributed by atoms with Gasteiger partial charge in [-0.05, 0) is 70.4 Å². The number of ether oxygens (including phenoxy) is 2. The number of hydrogen-bond donors (Lipinski definition) is 0. The summed E-state index contributed by atoms with van der Waals surface area (Å²) in [5, 5.41) is 0. The van der Waals surface area contributed by atoms with E-state index in [4.69, 9.17) is 9.47 Å². The van der Waals surface area contributed by atoms with Crippen molar-refractivity contribution >= 4 is 16.9 Å². The fourth-order valence-corrected chi connectivity index (χ4v) is 4.41. The Labute approximate surface area is 176 Å². The minimum absolute atomic E-state index is 0.206. The van der Waals surface area contributed by atoms with Crippen molar-refractivity contribution in [3.8, 4) is 22.6 Å². The van der Waals surface area contributed by atoms with Crippen molar-refractivity contribution in [1.82, 2.24) is 0 Å². The van der Waals surface area contributed by atoms with E-state index in [9.17, 15) is 13.6 Å². The molecule has 0 radical (unpaired) electrons. The highest BCUT2D eigenvalue weighted by atomic mass is 32.2. The fraction of sp³-hybridized carbons (Fsp3) is 0.208. The molecule has 1 heterocycles. The maximum absolute atomic E-state index is 13.1. The lowest BCUT2D eigenvalue weighted by Crippen LogP contribution is -2.22. The summed E-state index contributed by atoms with van der Waals surface area (Å²) >= 11 is -2.26. The Morgan fingerprint density at radius 2 is 1.70 bits per heavy atom. The van der Waals surface area contributed by atoms with Gasteiger partial charge in [-0.3, -0.25) is 9.00 Å². The zero-order valence-electron chi connectivity index (χ0n) is 16.1. The predicted molar refractivity (Wildman–Crippen MR) is 111 cm³/mol. The predicted octanol–water partition coefficient (Wildman–Crippen LogP) is 4.16. The Morgan fingerprint density at radius 3 is 2.43 bits per heavy atom. The van der Waals surface area contributed by atoms with Crippen molar-refractivity contribution in [2.45, 2.75) is 29.6 Å². The Hall–Kier alpha value is -2.96. The molecule has 1 fully saturated rings. The first-order valence-corrected chi connectivity index (χ1v) is 10.8. The summed E-state index contributed by atoms with van der Waals surface area (Å²) in [5.41, 5.74) is 3.26. The number of Topliss-reactive ketones (excluding diaryl/α,β-unsaturated/α-hetero) is 1. The second-order valence-corrected chi connectivity index (χ2v) is 8.65. The largest absolute Gasteiger partial charge is 0.768 e. The van der Waals surface area contributed by atoms with Crippen molar-refractivity contribution in [3.63, 3.8) is 0 Å². The van der Waals surface area contributed by atoms with Crippen LogP contribution in [0.1, 0.15) is 24.0 Å². The smallest absolute Gasteiger partial charge is 0.231 e. The van der Waals surface area contributed by atoms with Crippen LogP contribution in [0, 0.1) is 0 Å². The maximum atomic E-state index is 13.1. The molecule has 1 saturated carbocycles. The van der Waals surface area contributed by atoms with Gasteiger partial charge in [0.15, 0.2) is 11.5 Å². The van der Waals surface area contributed by atoms with Crippen LogP contribution in [-0.4, -0.2) is 21.3 Å². The van der Waals surface area contributed by atoms with E-state index in [-0.39, 0.29) is 17.5 Å². The third-order valence-corrected chi connectivity index (χ3v) is 6.53. The van der Waals surface area contributed by atoms with Gasteiger partial charge in [-0.15, -0.1) is 0 Å². The van der Waals surface area contributed by atoms with Gasteiger partial charge in [-0.1, -0.05) is 42.5 Å². The Balaban J connectivity index is 1.33. The van der Waals surface area contributed by atoms with Crippen LogP contribution in [0.15, 0.2) is 71.6 Å². The zero-order chi connectivity index (χ0) is 20.7. The summed E-state index contributed by atoms with van der Waals surface area (Å²) in [4.78, 5) is 13.4. The second-order valence-electron chi connectivity index (χ2n) is 7.71. The number of carbonyl (C=O) groups is 1. The van der Waals surface area contributed by atoms with Crippen molar-refractivity contribution in [1.29, 1.82) is 0 Å². The molecular weight excluding hydrogens is 400 g/mol. The molecule has 0 spiro atoms. The van der Waals surface area contributed by atoms with E-state index >= 15 is 0 Å². The number of carbonyl (C=O) groups excluding carboxylic acids is 1. The molecule has 152 valence electrons. The van der Waals surface area contributed by atoms with E-state index < -0.39 is 16.5 Å². The Bertz CT molecular complexity index is 1150. The van der Waals surface area contributed by atoms with E-state index in [0.717, 1.165) is 40.8 Å². The number of benzene rings is 3.